The second-order valence-corrected chi connectivity index (χ2v) is 4.76. The molecule has 1 aliphatic heterocycles. The first kappa shape index (κ1) is 11.1. The van der Waals surface area contributed by atoms with Crippen molar-refractivity contribution in [1.82, 2.24) is 4.90 Å². The molecule has 0 bridgehead atoms. The normalized spacial score (nSPS) is 35.1. The molecule has 1 saturated carbocycles. The summed E-state index contributed by atoms with van der Waals surface area (Å²) in [4.78, 5) is 14.2. The molecule has 0 spiro atoms. The van der Waals surface area contributed by atoms with Gasteiger partial charge in [-0.15, -0.1) is 0 Å². The van der Waals surface area contributed by atoms with Crippen molar-refractivity contribution in [1.29, 1.82) is 0 Å². The zero-order valence-electron chi connectivity index (χ0n) is 9.58. The molecule has 2 unspecified atom stereocenters. The Labute approximate surface area is 91.8 Å². The number of hydrogen-bond acceptors (Lipinski definition) is 3. The number of ether oxygens (including phenoxy) is 1. The van der Waals surface area contributed by atoms with E-state index in [1.165, 1.54) is 6.42 Å². The van der Waals surface area contributed by atoms with Gasteiger partial charge in [-0.2, -0.15) is 0 Å². The lowest BCUT2D eigenvalue weighted by molar-refractivity contribution is -0.126. The molecule has 1 saturated heterocycles. The van der Waals surface area contributed by atoms with Gasteiger partial charge in [-0.1, -0.05) is 6.42 Å². The van der Waals surface area contributed by atoms with Crippen molar-refractivity contribution in [2.45, 2.75) is 51.2 Å². The summed E-state index contributed by atoms with van der Waals surface area (Å²) in [6, 6.07) is 0.197. The van der Waals surface area contributed by atoms with E-state index in [9.17, 15) is 4.79 Å². The lowest BCUT2D eigenvalue weighted by Crippen LogP contribution is -2.45. The lowest BCUT2D eigenvalue weighted by Gasteiger charge is -2.32. The van der Waals surface area contributed by atoms with Crippen molar-refractivity contribution in [3.8, 4) is 0 Å². The molecule has 0 N–H and O–H groups in total. The third-order valence-corrected chi connectivity index (χ3v) is 3.45. The molecule has 1 aliphatic carbocycles. The highest BCUT2D eigenvalue weighted by molar-refractivity contribution is 5.84. The van der Waals surface area contributed by atoms with Gasteiger partial charge in [0.1, 0.15) is 5.78 Å². The summed E-state index contributed by atoms with van der Waals surface area (Å²) in [5, 5.41) is 0. The summed E-state index contributed by atoms with van der Waals surface area (Å²) in [5.74, 6) is 0.454. The van der Waals surface area contributed by atoms with Crippen molar-refractivity contribution in [3.05, 3.63) is 0 Å². The lowest BCUT2D eigenvalue weighted by atomic mass is 9.92. The maximum Gasteiger partial charge on any atom is 0.149 e. The number of ketones is 1. The van der Waals surface area contributed by atoms with E-state index in [2.05, 4.69) is 11.8 Å². The van der Waals surface area contributed by atoms with Crippen LogP contribution in [0.5, 0.6) is 0 Å². The Morgan fingerprint density at radius 2 is 2.20 bits per heavy atom. The molecule has 0 aromatic heterocycles. The first-order valence-corrected chi connectivity index (χ1v) is 6.16. The minimum absolute atomic E-state index is 0.197. The van der Waals surface area contributed by atoms with Gasteiger partial charge in [0.25, 0.3) is 0 Å². The van der Waals surface area contributed by atoms with Gasteiger partial charge < -0.3 is 4.74 Å². The molecular formula is C12H21NO2. The van der Waals surface area contributed by atoms with Crippen LogP contribution in [0.3, 0.4) is 0 Å². The summed E-state index contributed by atoms with van der Waals surface area (Å²) in [6.07, 6.45) is 5.50. The van der Waals surface area contributed by atoms with E-state index >= 15 is 0 Å². The van der Waals surface area contributed by atoms with Gasteiger partial charge in [-0.3, -0.25) is 9.69 Å². The highest BCUT2D eigenvalue weighted by Crippen LogP contribution is 2.21. The average molecular weight is 211 g/mol. The molecule has 2 aliphatic rings. The minimum atomic E-state index is 0.197. The van der Waals surface area contributed by atoms with Gasteiger partial charge in [0.05, 0.1) is 12.1 Å². The summed E-state index contributed by atoms with van der Waals surface area (Å²) in [6.45, 7) is 4.90. The number of rotatable bonds is 1. The van der Waals surface area contributed by atoms with Gasteiger partial charge in [-0.05, 0) is 26.2 Å². The highest BCUT2D eigenvalue weighted by atomic mass is 16.5. The summed E-state index contributed by atoms with van der Waals surface area (Å²) in [5.41, 5.74) is 0. The molecular weight excluding hydrogens is 190 g/mol. The number of hydrogen-bond donors (Lipinski definition) is 0. The van der Waals surface area contributed by atoms with Gasteiger partial charge in [0.15, 0.2) is 0 Å². The molecule has 1 heterocycles. The molecule has 3 heteroatoms. The fraction of sp³-hybridized carbons (Fsp3) is 0.917. The van der Waals surface area contributed by atoms with Crippen molar-refractivity contribution in [2.75, 3.05) is 19.7 Å². The molecule has 3 nitrogen and oxygen atoms in total. The van der Waals surface area contributed by atoms with Crippen LogP contribution >= 0.6 is 0 Å². The molecule has 0 aromatic rings. The number of carbonyl (C=O) groups is 1. The fourth-order valence-corrected chi connectivity index (χ4v) is 2.66. The van der Waals surface area contributed by atoms with Crippen molar-refractivity contribution in [2.24, 2.45) is 0 Å². The van der Waals surface area contributed by atoms with Crippen LogP contribution in [-0.2, 0) is 9.53 Å². The Morgan fingerprint density at radius 1 is 1.33 bits per heavy atom. The van der Waals surface area contributed by atoms with E-state index in [1.54, 1.807) is 0 Å². The van der Waals surface area contributed by atoms with Crippen LogP contribution in [0.1, 0.15) is 39.0 Å². The maximum absolute atomic E-state index is 11.8. The summed E-state index contributed by atoms with van der Waals surface area (Å²) in [7, 11) is 0. The molecule has 15 heavy (non-hydrogen) atoms. The predicted molar refractivity (Wildman–Crippen MR) is 58.9 cm³/mol. The average Bonchev–Trinajstić information content (AvgIpc) is 2.43. The van der Waals surface area contributed by atoms with E-state index in [1.807, 2.05) is 0 Å². The Balaban J connectivity index is 1.97. The van der Waals surface area contributed by atoms with Gasteiger partial charge in [0, 0.05) is 26.1 Å². The van der Waals surface area contributed by atoms with E-state index in [-0.39, 0.29) is 12.1 Å². The van der Waals surface area contributed by atoms with Crippen molar-refractivity contribution in [3.63, 3.8) is 0 Å². The van der Waals surface area contributed by atoms with Crippen molar-refractivity contribution < 1.29 is 9.53 Å². The van der Waals surface area contributed by atoms with E-state index in [0.717, 1.165) is 45.4 Å². The van der Waals surface area contributed by atoms with Crippen LogP contribution in [0.4, 0.5) is 0 Å². The predicted octanol–water partition coefficient (Wildman–Crippen LogP) is 1.61. The zero-order chi connectivity index (χ0) is 10.7. The monoisotopic (exact) mass is 211 g/mol. The van der Waals surface area contributed by atoms with Crippen LogP contribution in [-0.4, -0.2) is 42.5 Å². The quantitative estimate of drug-likeness (QED) is 0.660. The Kier molecular flexibility index (Phi) is 3.76. The smallest absolute Gasteiger partial charge is 0.149 e. The van der Waals surface area contributed by atoms with Crippen LogP contribution in [0, 0.1) is 0 Å². The van der Waals surface area contributed by atoms with E-state index in [0.29, 0.717) is 5.78 Å². The molecule has 0 amide bonds. The molecule has 2 rings (SSSR count). The van der Waals surface area contributed by atoms with Gasteiger partial charge in [-0.25, -0.2) is 0 Å². The molecule has 0 aromatic carbocycles. The maximum atomic E-state index is 11.8. The molecule has 86 valence electrons. The minimum Gasteiger partial charge on any atom is -0.377 e. The third kappa shape index (κ3) is 2.79. The number of nitrogens with zero attached hydrogens (tertiary/aromatic N) is 1. The number of carbonyl (C=O) groups excluding carboxylic acids is 1. The Morgan fingerprint density at radius 3 is 3.00 bits per heavy atom. The molecule has 2 fully saturated rings. The van der Waals surface area contributed by atoms with E-state index in [4.69, 9.17) is 4.74 Å². The van der Waals surface area contributed by atoms with Crippen LogP contribution in [0.15, 0.2) is 0 Å². The summed E-state index contributed by atoms with van der Waals surface area (Å²) >= 11 is 0. The first-order chi connectivity index (χ1) is 7.27. The first-order valence-electron chi connectivity index (χ1n) is 6.16. The standard InChI is InChI=1S/C12H21NO2/c1-10-9-13(7-4-8-15-10)11-5-2-3-6-12(11)14/h10-11H,2-9H2,1H3. The Hall–Kier alpha value is -0.410. The van der Waals surface area contributed by atoms with Crippen LogP contribution < -0.4 is 0 Å². The fourth-order valence-electron chi connectivity index (χ4n) is 2.66. The second kappa shape index (κ2) is 5.08. The van der Waals surface area contributed by atoms with Gasteiger partial charge in [0.2, 0.25) is 0 Å². The second-order valence-electron chi connectivity index (χ2n) is 4.76. The largest absolute Gasteiger partial charge is 0.377 e. The molecule has 2 atom stereocenters. The van der Waals surface area contributed by atoms with E-state index < -0.39 is 0 Å². The topological polar surface area (TPSA) is 29.5 Å². The van der Waals surface area contributed by atoms with Gasteiger partial charge >= 0.3 is 0 Å². The SMILES string of the molecule is CC1CN(C2CCCCC2=O)CCCO1. The zero-order valence-corrected chi connectivity index (χ0v) is 9.58. The number of Topliss-reactive ketones (excluding diaryl/α,β-unsaturated/α-hetero) is 1. The third-order valence-electron chi connectivity index (χ3n) is 3.45. The Bertz CT molecular complexity index is 230. The van der Waals surface area contributed by atoms with Crippen molar-refractivity contribution >= 4 is 5.78 Å². The summed E-state index contributed by atoms with van der Waals surface area (Å²) < 4.78 is 5.61. The van der Waals surface area contributed by atoms with Crippen LogP contribution in [0.25, 0.3) is 0 Å². The highest BCUT2D eigenvalue weighted by Gasteiger charge is 2.29. The molecule has 0 radical (unpaired) electrons. The van der Waals surface area contributed by atoms with Crippen LogP contribution in [0.2, 0.25) is 0 Å².